The lowest BCUT2D eigenvalue weighted by atomic mass is 10.2. The van der Waals surface area contributed by atoms with Crippen molar-refractivity contribution in [2.75, 3.05) is 26.7 Å². The fourth-order valence-corrected chi connectivity index (χ4v) is 3.08. The van der Waals surface area contributed by atoms with E-state index in [0.717, 1.165) is 11.3 Å². The number of ether oxygens (including phenoxy) is 1. The number of benzene rings is 1. The van der Waals surface area contributed by atoms with Crippen LogP contribution in [-0.4, -0.2) is 58.0 Å². The van der Waals surface area contributed by atoms with E-state index in [0.29, 0.717) is 24.8 Å². The minimum Gasteiger partial charge on any atom is -0.481 e. The summed E-state index contributed by atoms with van der Waals surface area (Å²) in [7, 11) is 1.55. The van der Waals surface area contributed by atoms with Gasteiger partial charge in [0.1, 0.15) is 11.5 Å². The molecule has 142 valence electrons. The molecule has 2 aromatic heterocycles. The number of hydrogen-bond donors (Lipinski definition) is 1. The van der Waals surface area contributed by atoms with Crippen LogP contribution in [-0.2, 0) is 4.79 Å². The summed E-state index contributed by atoms with van der Waals surface area (Å²) in [5.74, 6) is 0.650. The number of aromatic nitrogens is 3. The fourth-order valence-electron chi connectivity index (χ4n) is 3.08. The summed E-state index contributed by atoms with van der Waals surface area (Å²) in [6, 6.07) is 13.2. The highest BCUT2D eigenvalue weighted by Gasteiger charge is 2.25. The molecule has 1 aliphatic rings. The van der Waals surface area contributed by atoms with E-state index in [-0.39, 0.29) is 24.1 Å². The molecule has 1 N–H and O–H groups in total. The van der Waals surface area contributed by atoms with Crippen molar-refractivity contribution in [3.05, 3.63) is 60.6 Å². The van der Waals surface area contributed by atoms with Gasteiger partial charge in [-0.2, -0.15) is 0 Å². The number of methoxy groups -OCH3 is 1. The highest BCUT2D eigenvalue weighted by atomic mass is 16.5. The average molecular weight is 377 g/mol. The first-order chi connectivity index (χ1) is 13.7. The van der Waals surface area contributed by atoms with E-state index < -0.39 is 0 Å². The van der Waals surface area contributed by atoms with Crippen LogP contribution in [0.2, 0.25) is 0 Å². The Hall–Kier alpha value is -3.68. The van der Waals surface area contributed by atoms with Crippen molar-refractivity contribution in [1.29, 1.82) is 0 Å². The van der Waals surface area contributed by atoms with E-state index in [1.54, 1.807) is 25.6 Å². The van der Waals surface area contributed by atoms with Crippen LogP contribution in [0.25, 0.3) is 17.1 Å². The highest BCUT2D eigenvalue weighted by Crippen LogP contribution is 2.24. The lowest BCUT2D eigenvalue weighted by Crippen LogP contribution is -2.50. The van der Waals surface area contributed by atoms with Crippen LogP contribution in [0.1, 0.15) is 10.5 Å². The van der Waals surface area contributed by atoms with Crippen molar-refractivity contribution in [1.82, 2.24) is 24.8 Å². The van der Waals surface area contributed by atoms with Crippen LogP contribution < -0.4 is 10.1 Å². The maximum Gasteiger partial charge on any atom is 0.274 e. The van der Waals surface area contributed by atoms with E-state index in [4.69, 9.17) is 4.74 Å². The molecule has 0 atom stereocenters. The maximum atomic E-state index is 12.9. The lowest BCUT2D eigenvalue weighted by molar-refractivity contribution is -0.123. The molecule has 0 unspecified atom stereocenters. The zero-order chi connectivity index (χ0) is 19.5. The fraction of sp³-hybridized carbons (Fsp3) is 0.200. The Morgan fingerprint density at radius 3 is 2.68 bits per heavy atom. The van der Waals surface area contributed by atoms with Crippen molar-refractivity contribution in [2.24, 2.45) is 0 Å². The average Bonchev–Trinajstić information content (AvgIpc) is 3.19. The largest absolute Gasteiger partial charge is 0.481 e. The minimum atomic E-state index is -0.271. The predicted molar refractivity (Wildman–Crippen MR) is 102 cm³/mol. The van der Waals surface area contributed by atoms with Gasteiger partial charge in [0.2, 0.25) is 11.8 Å². The molecular weight excluding hydrogens is 358 g/mol. The number of nitrogens with one attached hydrogen (secondary N) is 1. The number of pyridine rings is 1. The Labute approximate surface area is 161 Å². The van der Waals surface area contributed by atoms with Crippen molar-refractivity contribution in [3.63, 3.8) is 0 Å². The number of hydrogen-bond acceptors (Lipinski definition) is 5. The van der Waals surface area contributed by atoms with Crippen molar-refractivity contribution in [3.8, 4) is 23.0 Å². The predicted octanol–water partition coefficient (Wildman–Crippen LogP) is 1.51. The molecule has 1 fully saturated rings. The molecule has 8 heteroatoms. The number of carbonyl (C=O) groups excluding carboxylic acids is 2. The number of imidazole rings is 1. The first kappa shape index (κ1) is 17.7. The van der Waals surface area contributed by atoms with Gasteiger partial charge in [-0.3, -0.25) is 14.2 Å². The number of amides is 2. The summed E-state index contributed by atoms with van der Waals surface area (Å²) in [5, 5.41) is 2.72. The van der Waals surface area contributed by atoms with Gasteiger partial charge in [-0.05, 0) is 18.2 Å². The summed E-state index contributed by atoms with van der Waals surface area (Å²) in [6.07, 6.45) is 3.35. The van der Waals surface area contributed by atoms with E-state index >= 15 is 0 Å². The Bertz CT molecular complexity index is 998. The maximum absolute atomic E-state index is 12.9. The molecule has 4 rings (SSSR count). The van der Waals surface area contributed by atoms with E-state index in [1.165, 1.54) is 4.90 Å². The van der Waals surface area contributed by atoms with Gasteiger partial charge in [-0.15, -0.1) is 0 Å². The standard InChI is InChI=1S/C20H19N5O3/c1-28-18-8-7-14(11-22-18)19-23-16(12-25(19)15-5-3-2-4-6-15)20(27)24-10-9-21-17(26)13-24/h2-8,11-12H,9-10,13H2,1H3,(H,21,26). The quantitative estimate of drug-likeness (QED) is 0.745. The van der Waals surface area contributed by atoms with Crippen molar-refractivity contribution in [2.45, 2.75) is 0 Å². The molecule has 1 aromatic carbocycles. The SMILES string of the molecule is COc1ccc(-c2nc(C(=O)N3CCNC(=O)C3)cn2-c2ccccc2)cn1. The Morgan fingerprint density at radius 1 is 1.18 bits per heavy atom. The molecule has 1 aliphatic heterocycles. The van der Waals surface area contributed by atoms with Crippen LogP contribution in [0, 0.1) is 0 Å². The van der Waals surface area contributed by atoms with Crippen LogP contribution in [0.3, 0.4) is 0 Å². The third kappa shape index (κ3) is 3.44. The van der Waals surface area contributed by atoms with E-state index in [9.17, 15) is 9.59 Å². The second-order valence-electron chi connectivity index (χ2n) is 6.32. The van der Waals surface area contributed by atoms with E-state index in [1.807, 2.05) is 41.0 Å². The number of rotatable bonds is 4. The minimum absolute atomic E-state index is 0.0381. The Morgan fingerprint density at radius 2 is 2.00 bits per heavy atom. The summed E-state index contributed by atoms with van der Waals surface area (Å²) < 4.78 is 6.96. The van der Waals surface area contributed by atoms with Gasteiger partial charge in [0.05, 0.1) is 13.7 Å². The first-order valence-electron chi connectivity index (χ1n) is 8.87. The van der Waals surface area contributed by atoms with Crippen LogP contribution in [0.15, 0.2) is 54.9 Å². The zero-order valence-corrected chi connectivity index (χ0v) is 15.3. The second kappa shape index (κ2) is 7.51. The number of carbonyl (C=O) groups is 2. The van der Waals surface area contributed by atoms with E-state index in [2.05, 4.69) is 15.3 Å². The molecule has 8 nitrogen and oxygen atoms in total. The molecule has 0 saturated carbocycles. The topological polar surface area (TPSA) is 89.4 Å². The first-order valence-corrected chi connectivity index (χ1v) is 8.87. The molecule has 3 aromatic rings. The molecule has 0 aliphatic carbocycles. The molecule has 0 radical (unpaired) electrons. The third-order valence-electron chi connectivity index (χ3n) is 4.49. The van der Waals surface area contributed by atoms with Crippen LogP contribution in [0.5, 0.6) is 5.88 Å². The van der Waals surface area contributed by atoms with Gasteiger partial charge in [-0.25, -0.2) is 9.97 Å². The summed E-state index contributed by atoms with van der Waals surface area (Å²) in [4.78, 5) is 34.9. The molecule has 28 heavy (non-hydrogen) atoms. The molecule has 1 saturated heterocycles. The van der Waals surface area contributed by atoms with Crippen molar-refractivity contribution >= 4 is 11.8 Å². The zero-order valence-electron chi connectivity index (χ0n) is 15.3. The van der Waals surface area contributed by atoms with Gasteiger partial charge in [0, 0.05) is 42.8 Å². The number of nitrogens with zero attached hydrogens (tertiary/aromatic N) is 4. The normalized spacial score (nSPS) is 13.9. The van der Waals surface area contributed by atoms with Crippen LogP contribution >= 0.6 is 0 Å². The molecular formula is C20H19N5O3. The van der Waals surface area contributed by atoms with Crippen LogP contribution in [0.4, 0.5) is 0 Å². The lowest BCUT2D eigenvalue weighted by Gasteiger charge is -2.25. The highest BCUT2D eigenvalue weighted by molar-refractivity contribution is 5.96. The van der Waals surface area contributed by atoms with Gasteiger partial charge in [-0.1, -0.05) is 18.2 Å². The molecule has 0 spiro atoms. The van der Waals surface area contributed by atoms with Gasteiger partial charge >= 0.3 is 0 Å². The Kier molecular flexibility index (Phi) is 4.76. The van der Waals surface area contributed by atoms with Crippen molar-refractivity contribution < 1.29 is 14.3 Å². The summed E-state index contributed by atoms with van der Waals surface area (Å²) >= 11 is 0. The summed E-state index contributed by atoms with van der Waals surface area (Å²) in [6.45, 7) is 0.942. The smallest absolute Gasteiger partial charge is 0.274 e. The summed E-state index contributed by atoms with van der Waals surface area (Å²) in [5.41, 5.74) is 1.90. The molecule has 3 heterocycles. The molecule has 2 amide bonds. The number of piperazine rings is 1. The van der Waals surface area contributed by atoms with Gasteiger partial charge in [0.25, 0.3) is 5.91 Å². The monoisotopic (exact) mass is 377 g/mol. The Balaban J connectivity index is 1.75. The number of para-hydroxylation sites is 1. The van der Waals surface area contributed by atoms with Gasteiger partial charge in [0.15, 0.2) is 0 Å². The molecule has 0 bridgehead atoms. The second-order valence-corrected chi connectivity index (χ2v) is 6.32. The third-order valence-corrected chi connectivity index (χ3v) is 4.49. The van der Waals surface area contributed by atoms with Gasteiger partial charge < -0.3 is 15.0 Å².